The molecule has 1 N–H and O–H groups in total. The highest BCUT2D eigenvalue weighted by molar-refractivity contribution is 6.76. The summed E-state index contributed by atoms with van der Waals surface area (Å²) in [6.45, 7) is 15.7. The quantitative estimate of drug-likeness (QED) is 0.120. The molecule has 238 valence electrons. The molecular formula is C32H46N4O6Si2. The third-order valence-electron chi connectivity index (χ3n) is 6.91. The van der Waals surface area contributed by atoms with Crippen molar-refractivity contribution in [3.05, 3.63) is 80.4 Å². The smallest absolute Gasteiger partial charge is 0.211 e. The van der Waals surface area contributed by atoms with Gasteiger partial charge in [0.05, 0.1) is 17.5 Å². The molecule has 12 heteroatoms. The van der Waals surface area contributed by atoms with Crippen molar-refractivity contribution < 1.29 is 19.4 Å². The summed E-state index contributed by atoms with van der Waals surface area (Å²) >= 11 is 0. The number of aldehydes is 1. The highest BCUT2D eigenvalue weighted by Gasteiger charge is 2.15. The van der Waals surface area contributed by atoms with Gasteiger partial charge in [-0.15, -0.1) is 0 Å². The number of aliphatic hydroxyl groups is 1. The lowest BCUT2D eigenvalue weighted by Crippen LogP contribution is -2.24. The van der Waals surface area contributed by atoms with Crippen LogP contribution in [0, 0.1) is 0 Å². The number of carbonyl (C=O) groups is 1. The van der Waals surface area contributed by atoms with Crippen molar-refractivity contribution in [2.45, 2.75) is 77.7 Å². The lowest BCUT2D eigenvalue weighted by molar-refractivity contribution is -0.107. The number of nitrogens with zero attached hydrogens (tertiary/aromatic N) is 4. The third kappa shape index (κ3) is 10.4. The van der Waals surface area contributed by atoms with Crippen LogP contribution in [0.2, 0.25) is 51.4 Å². The van der Waals surface area contributed by atoms with Crippen LogP contribution in [0.25, 0.3) is 21.8 Å². The molecule has 0 aliphatic carbocycles. The lowest BCUT2D eigenvalue weighted by atomic mass is 10.2. The van der Waals surface area contributed by atoms with Crippen LogP contribution in [0.3, 0.4) is 0 Å². The van der Waals surface area contributed by atoms with E-state index in [2.05, 4.69) is 49.5 Å². The van der Waals surface area contributed by atoms with Gasteiger partial charge in [-0.2, -0.15) is 10.2 Å². The van der Waals surface area contributed by atoms with Gasteiger partial charge in [0.25, 0.3) is 0 Å². The molecule has 0 radical (unpaired) electrons. The van der Waals surface area contributed by atoms with E-state index in [1.165, 1.54) is 0 Å². The first-order valence-corrected chi connectivity index (χ1v) is 22.4. The molecule has 10 nitrogen and oxygen atoms in total. The van der Waals surface area contributed by atoms with E-state index in [0.29, 0.717) is 42.7 Å². The van der Waals surface area contributed by atoms with Gasteiger partial charge >= 0.3 is 0 Å². The van der Waals surface area contributed by atoms with Gasteiger partial charge in [-0.05, 0) is 36.4 Å². The van der Waals surface area contributed by atoms with Gasteiger partial charge in [0, 0.05) is 53.2 Å². The maximum absolute atomic E-state index is 12.3. The van der Waals surface area contributed by atoms with Gasteiger partial charge in [-0.25, -0.2) is 9.36 Å². The van der Waals surface area contributed by atoms with E-state index in [4.69, 9.17) is 14.6 Å². The fourth-order valence-corrected chi connectivity index (χ4v) is 5.83. The van der Waals surface area contributed by atoms with Gasteiger partial charge in [0.2, 0.25) is 10.9 Å². The molecule has 0 saturated heterocycles. The molecule has 2 aromatic carbocycles. The van der Waals surface area contributed by atoms with Crippen molar-refractivity contribution in [1.29, 1.82) is 0 Å². The molecule has 44 heavy (non-hydrogen) atoms. The largest absolute Gasteiger partial charge is 0.396 e. The number of carbonyl (C=O) groups excluding carboxylic acids is 1. The number of hydrogen-bond acceptors (Lipinski definition) is 8. The molecule has 2 heterocycles. The molecule has 0 aliphatic rings. The van der Waals surface area contributed by atoms with E-state index in [0.717, 1.165) is 23.1 Å². The Bertz CT molecular complexity index is 1660. The molecule has 0 saturated carbocycles. The van der Waals surface area contributed by atoms with Gasteiger partial charge in [-0.3, -0.25) is 9.59 Å². The predicted octanol–water partition coefficient (Wildman–Crippen LogP) is 4.69. The molecule has 0 spiro atoms. The fraction of sp³-hybridized carbons (Fsp3) is 0.469. The number of rotatable bonds is 14. The van der Waals surface area contributed by atoms with Crippen LogP contribution in [0.1, 0.15) is 11.4 Å². The van der Waals surface area contributed by atoms with E-state index < -0.39 is 16.1 Å². The van der Waals surface area contributed by atoms with Crippen LogP contribution in [0.4, 0.5) is 0 Å². The number of aliphatic hydroxyl groups excluding tert-OH is 1. The average Bonchev–Trinajstić information content (AvgIpc) is 2.97. The maximum atomic E-state index is 12.3. The van der Waals surface area contributed by atoms with E-state index in [9.17, 15) is 14.4 Å². The summed E-state index contributed by atoms with van der Waals surface area (Å²) < 4.78 is 14.8. The summed E-state index contributed by atoms with van der Waals surface area (Å²) in [7, 11) is -2.25. The molecule has 0 bridgehead atoms. The van der Waals surface area contributed by atoms with Crippen molar-refractivity contribution >= 4 is 44.2 Å². The second-order valence-corrected chi connectivity index (χ2v) is 24.4. The number of aromatic nitrogens is 4. The Morgan fingerprint density at radius 3 is 1.59 bits per heavy atom. The second kappa shape index (κ2) is 16.1. The first kappa shape index (κ1) is 35.2. The summed E-state index contributed by atoms with van der Waals surface area (Å²) in [6, 6.07) is 16.8. The monoisotopic (exact) mass is 638 g/mol. The van der Waals surface area contributed by atoms with Crippen LogP contribution < -0.4 is 10.9 Å². The SMILES string of the molecule is C[Si](C)(C)CCOCn1nc(CC=O)c(=O)c2ccccc21.C[Si](C)(C)CCOCn1nc(CCO)c(=O)c2ccccc21. The van der Waals surface area contributed by atoms with Crippen molar-refractivity contribution in [3.63, 3.8) is 0 Å². The van der Waals surface area contributed by atoms with Crippen LogP contribution in [-0.4, -0.2) is 66.9 Å². The van der Waals surface area contributed by atoms with Crippen molar-refractivity contribution in [1.82, 2.24) is 19.6 Å². The Balaban J connectivity index is 0.000000240. The Hall–Kier alpha value is -3.30. The molecule has 4 rings (SSSR count). The van der Waals surface area contributed by atoms with Gasteiger partial charge in [-0.1, -0.05) is 63.5 Å². The molecule has 0 amide bonds. The first-order valence-electron chi connectivity index (χ1n) is 15.0. The molecule has 0 atom stereocenters. The number of para-hydroxylation sites is 2. The summed E-state index contributed by atoms with van der Waals surface area (Å²) in [5.41, 5.74) is 1.86. The summed E-state index contributed by atoms with van der Waals surface area (Å²) in [4.78, 5) is 35.3. The Labute approximate surface area is 260 Å². The lowest BCUT2D eigenvalue weighted by Gasteiger charge is -2.16. The van der Waals surface area contributed by atoms with Crippen molar-refractivity contribution in [2.24, 2.45) is 0 Å². The Morgan fingerprint density at radius 1 is 0.727 bits per heavy atom. The molecule has 0 unspecified atom stereocenters. The molecule has 0 aliphatic heterocycles. The average molecular weight is 639 g/mol. The van der Waals surface area contributed by atoms with Crippen molar-refractivity contribution in [2.75, 3.05) is 19.8 Å². The van der Waals surface area contributed by atoms with Crippen LogP contribution in [0.15, 0.2) is 58.1 Å². The minimum absolute atomic E-state index is 0.0264. The predicted molar refractivity (Wildman–Crippen MR) is 181 cm³/mol. The zero-order valence-corrected chi connectivity index (χ0v) is 28.8. The van der Waals surface area contributed by atoms with Gasteiger partial charge in [0.1, 0.15) is 31.1 Å². The molecular weight excluding hydrogens is 593 g/mol. The summed E-state index contributed by atoms with van der Waals surface area (Å²) in [6.07, 6.45) is 0.992. The number of ether oxygens (including phenoxy) is 2. The summed E-state index contributed by atoms with van der Waals surface area (Å²) in [5, 5.41) is 18.9. The minimum Gasteiger partial charge on any atom is -0.396 e. The number of benzene rings is 2. The van der Waals surface area contributed by atoms with Crippen LogP contribution >= 0.6 is 0 Å². The summed E-state index contributed by atoms with van der Waals surface area (Å²) in [5.74, 6) is 0. The topological polar surface area (TPSA) is 126 Å². The van der Waals surface area contributed by atoms with E-state index in [1.54, 1.807) is 21.5 Å². The maximum Gasteiger partial charge on any atom is 0.211 e. The third-order valence-corrected chi connectivity index (χ3v) is 10.3. The van der Waals surface area contributed by atoms with E-state index in [-0.39, 0.29) is 42.7 Å². The van der Waals surface area contributed by atoms with Gasteiger partial charge < -0.3 is 19.4 Å². The van der Waals surface area contributed by atoms with Crippen molar-refractivity contribution in [3.8, 4) is 0 Å². The highest BCUT2D eigenvalue weighted by atomic mass is 28.3. The zero-order chi connectivity index (χ0) is 32.3. The normalized spacial score (nSPS) is 11.9. The molecule has 2 aromatic heterocycles. The molecule has 0 fully saturated rings. The standard InChI is InChI=1S/C16H24N2O3Si.C16H22N2O3Si/c2*1-22(2,3)11-10-21-12-18-15-7-5-4-6-13(15)16(20)14(17-18)8-9-19/h4-7,19H,8-12H2,1-3H3;4-7,9H,8,10-12H2,1-3H3. The number of hydrogen-bond donors (Lipinski definition) is 1. The fourth-order valence-electron chi connectivity index (χ4n) is 4.32. The molecule has 4 aromatic rings. The first-order chi connectivity index (χ1) is 20.8. The van der Waals surface area contributed by atoms with Crippen LogP contribution in [0.5, 0.6) is 0 Å². The van der Waals surface area contributed by atoms with Crippen LogP contribution in [-0.2, 0) is 40.6 Å². The second-order valence-electron chi connectivity index (χ2n) is 13.1. The zero-order valence-electron chi connectivity index (χ0n) is 26.8. The van der Waals surface area contributed by atoms with E-state index in [1.807, 2.05) is 36.4 Å². The Kier molecular flexibility index (Phi) is 12.9. The highest BCUT2D eigenvalue weighted by Crippen LogP contribution is 2.13. The van der Waals surface area contributed by atoms with E-state index >= 15 is 0 Å². The minimum atomic E-state index is -1.13. The number of fused-ring (bicyclic) bond motifs is 2. The van der Waals surface area contributed by atoms with Gasteiger partial charge in [0.15, 0.2) is 0 Å². The Morgan fingerprint density at radius 2 is 1.16 bits per heavy atom.